The first-order valence-electron chi connectivity index (χ1n) is 10.2. The smallest absolute Gasteiger partial charge is 0.317 e. The number of amides is 2. The number of pyridine rings is 1. The summed E-state index contributed by atoms with van der Waals surface area (Å²) in [7, 11) is 3.93. The number of H-pyrrole nitrogens is 1. The molecule has 0 atom stereocenters. The summed E-state index contributed by atoms with van der Waals surface area (Å²) in [5, 5.41) is 4.38. The average Bonchev–Trinajstić information content (AvgIpc) is 3.08. The number of hydrogen-bond acceptors (Lipinski definition) is 3. The normalized spacial score (nSPS) is 14.9. The number of benzene rings is 1. The second-order valence-electron chi connectivity index (χ2n) is 8.05. The summed E-state index contributed by atoms with van der Waals surface area (Å²) in [6, 6.07) is 12.5. The summed E-state index contributed by atoms with van der Waals surface area (Å²) in [4.78, 5) is 24.4. The monoisotopic (exact) mass is 391 g/mol. The van der Waals surface area contributed by atoms with E-state index in [9.17, 15) is 4.79 Å². The van der Waals surface area contributed by atoms with Gasteiger partial charge in [-0.1, -0.05) is 18.2 Å². The molecule has 29 heavy (non-hydrogen) atoms. The first kappa shape index (κ1) is 19.3. The van der Waals surface area contributed by atoms with Gasteiger partial charge in [0, 0.05) is 56.5 Å². The Morgan fingerprint density at radius 2 is 2.00 bits per heavy atom. The van der Waals surface area contributed by atoms with Crippen LogP contribution in [0, 0.1) is 6.92 Å². The minimum atomic E-state index is 0.0160. The number of aromatic nitrogens is 2. The van der Waals surface area contributed by atoms with Gasteiger partial charge in [0.2, 0.25) is 0 Å². The molecule has 0 spiro atoms. The number of anilines is 1. The van der Waals surface area contributed by atoms with Gasteiger partial charge in [-0.05, 0) is 55.0 Å². The van der Waals surface area contributed by atoms with E-state index in [1.54, 1.807) is 6.20 Å². The third-order valence-corrected chi connectivity index (χ3v) is 5.85. The summed E-state index contributed by atoms with van der Waals surface area (Å²) >= 11 is 0. The quantitative estimate of drug-likeness (QED) is 0.706. The van der Waals surface area contributed by atoms with E-state index in [0.717, 1.165) is 37.3 Å². The summed E-state index contributed by atoms with van der Waals surface area (Å²) in [5.41, 5.74) is 4.94. The van der Waals surface area contributed by atoms with Gasteiger partial charge >= 0.3 is 6.03 Å². The Bertz CT molecular complexity index is 1000. The van der Waals surface area contributed by atoms with Crippen molar-refractivity contribution in [2.45, 2.75) is 32.2 Å². The lowest BCUT2D eigenvalue weighted by Gasteiger charge is -2.32. The number of para-hydroxylation sites is 1. The first-order chi connectivity index (χ1) is 14.0. The number of urea groups is 1. The van der Waals surface area contributed by atoms with Gasteiger partial charge in [0.25, 0.3) is 0 Å². The zero-order valence-corrected chi connectivity index (χ0v) is 17.4. The summed E-state index contributed by atoms with van der Waals surface area (Å²) < 4.78 is 0. The number of piperidine rings is 1. The van der Waals surface area contributed by atoms with Crippen molar-refractivity contribution in [2.24, 2.45) is 0 Å². The summed E-state index contributed by atoms with van der Waals surface area (Å²) in [6.45, 7) is 4.25. The predicted octanol–water partition coefficient (Wildman–Crippen LogP) is 4.03. The molecule has 6 heteroatoms. The number of carbonyl (C=O) groups is 1. The van der Waals surface area contributed by atoms with Gasteiger partial charge in [-0.15, -0.1) is 0 Å². The molecule has 152 valence electrons. The highest BCUT2D eigenvalue weighted by Gasteiger charge is 2.26. The van der Waals surface area contributed by atoms with Crippen molar-refractivity contribution < 1.29 is 4.79 Å². The molecule has 0 unspecified atom stereocenters. The van der Waals surface area contributed by atoms with Gasteiger partial charge in [0.15, 0.2) is 0 Å². The fourth-order valence-corrected chi connectivity index (χ4v) is 4.30. The lowest BCUT2D eigenvalue weighted by Crippen LogP contribution is -2.43. The van der Waals surface area contributed by atoms with Crippen LogP contribution >= 0.6 is 0 Å². The third-order valence-electron chi connectivity index (χ3n) is 5.85. The van der Waals surface area contributed by atoms with Crippen molar-refractivity contribution >= 4 is 22.8 Å². The molecule has 0 saturated carbocycles. The van der Waals surface area contributed by atoms with Gasteiger partial charge in [0.1, 0.15) is 5.82 Å². The minimum Gasteiger partial charge on any atom is -0.363 e. The maximum Gasteiger partial charge on any atom is 0.317 e. The van der Waals surface area contributed by atoms with E-state index in [0.29, 0.717) is 12.5 Å². The number of rotatable bonds is 4. The van der Waals surface area contributed by atoms with Crippen molar-refractivity contribution in [3.05, 3.63) is 59.4 Å². The first-order valence-corrected chi connectivity index (χ1v) is 10.2. The second kappa shape index (κ2) is 8.15. The van der Waals surface area contributed by atoms with E-state index < -0.39 is 0 Å². The highest BCUT2D eigenvalue weighted by Crippen LogP contribution is 2.35. The van der Waals surface area contributed by atoms with Gasteiger partial charge in [-0.25, -0.2) is 9.78 Å². The van der Waals surface area contributed by atoms with Crippen molar-refractivity contribution in [1.29, 1.82) is 0 Å². The molecular formula is C23H29N5O. The Balaban J connectivity index is 1.35. The van der Waals surface area contributed by atoms with Gasteiger partial charge < -0.3 is 20.1 Å². The van der Waals surface area contributed by atoms with Crippen LogP contribution in [0.3, 0.4) is 0 Å². The molecule has 0 radical (unpaired) electrons. The molecule has 3 heterocycles. The molecule has 2 amide bonds. The number of carbonyl (C=O) groups excluding carboxylic acids is 1. The Morgan fingerprint density at radius 3 is 2.76 bits per heavy atom. The number of likely N-dealkylation sites (tertiary alicyclic amines) is 1. The molecule has 1 fully saturated rings. The fourth-order valence-electron chi connectivity index (χ4n) is 4.30. The number of aromatic amines is 1. The van der Waals surface area contributed by atoms with E-state index in [1.165, 1.54) is 22.2 Å². The van der Waals surface area contributed by atoms with Crippen molar-refractivity contribution in [3.8, 4) is 0 Å². The molecule has 4 rings (SSSR count). The number of fused-ring (bicyclic) bond motifs is 1. The second-order valence-corrected chi connectivity index (χ2v) is 8.05. The van der Waals surface area contributed by atoms with Crippen LogP contribution in [-0.4, -0.2) is 48.1 Å². The molecule has 2 N–H and O–H groups in total. The van der Waals surface area contributed by atoms with Crippen molar-refractivity contribution in [1.82, 2.24) is 20.2 Å². The van der Waals surface area contributed by atoms with Crippen LogP contribution < -0.4 is 10.2 Å². The molecule has 1 aliphatic rings. The van der Waals surface area contributed by atoms with Crippen molar-refractivity contribution in [3.63, 3.8) is 0 Å². The molecular weight excluding hydrogens is 362 g/mol. The summed E-state index contributed by atoms with van der Waals surface area (Å²) in [6.07, 6.45) is 3.78. The third kappa shape index (κ3) is 4.06. The molecule has 1 saturated heterocycles. The number of aryl methyl sites for hydroxylation is 1. The SMILES string of the molecule is Cc1[nH]c2ccccc2c1C1CCN(C(=O)NCc2ccnc(N(C)C)c2)CC1. The van der Waals surface area contributed by atoms with Crippen LogP contribution in [0.2, 0.25) is 0 Å². The molecule has 1 aliphatic heterocycles. The lowest BCUT2D eigenvalue weighted by atomic mass is 9.87. The Morgan fingerprint density at radius 1 is 1.24 bits per heavy atom. The highest BCUT2D eigenvalue weighted by molar-refractivity contribution is 5.85. The van der Waals surface area contributed by atoms with Crippen LogP contribution in [0.4, 0.5) is 10.6 Å². The molecule has 2 aromatic heterocycles. The van der Waals surface area contributed by atoms with E-state index in [2.05, 4.69) is 46.5 Å². The average molecular weight is 392 g/mol. The Labute approximate surface area is 171 Å². The topological polar surface area (TPSA) is 64.3 Å². The maximum atomic E-state index is 12.6. The van der Waals surface area contributed by atoms with Crippen LogP contribution in [-0.2, 0) is 6.54 Å². The number of nitrogens with one attached hydrogen (secondary N) is 2. The van der Waals surface area contributed by atoms with E-state index >= 15 is 0 Å². The highest BCUT2D eigenvalue weighted by atomic mass is 16.2. The zero-order valence-electron chi connectivity index (χ0n) is 17.4. The van der Waals surface area contributed by atoms with Crippen LogP contribution in [0.25, 0.3) is 10.9 Å². The van der Waals surface area contributed by atoms with Crippen molar-refractivity contribution in [2.75, 3.05) is 32.1 Å². The van der Waals surface area contributed by atoms with Gasteiger partial charge in [-0.2, -0.15) is 0 Å². The van der Waals surface area contributed by atoms with Crippen LogP contribution in [0.15, 0.2) is 42.6 Å². The number of hydrogen-bond donors (Lipinski definition) is 2. The van der Waals surface area contributed by atoms with Gasteiger partial charge in [0.05, 0.1) is 0 Å². The van der Waals surface area contributed by atoms with Crippen LogP contribution in [0.5, 0.6) is 0 Å². The van der Waals surface area contributed by atoms with E-state index in [1.807, 2.05) is 36.0 Å². The summed E-state index contributed by atoms with van der Waals surface area (Å²) in [5.74, 6) is 1.39. The van der Waals surface area contributed by atoms with Gasteiger partial charge in [-0.3, -0.25) is 0 Å². The minimum absolute atomic E-state index is 0.0160. The standard InChI is InChI=1S/C23H29N5O/c1-16-22(19-6-4-5-7-20(19)26-16)18-9-12-28(13-10-18)23(29)25-15-17-8-11-24-21(14-17)27(2)3/h4-8,11,14,18,26H,9-10,12-13,15H2,1-3H3,(H,25,29). The lowest BCUT2D eigenvalue weighted by molar-refractivity contribution is 0.181. The predicted molar refractivity (Wildman–Crippen MR) is 117 cm³/mol. The zero-order chi connectivity index (χ0) is 20.4. The molecule has 6 nitrogen and oxygen atoms in total. The Hall–Kier alpha value is -3.02. The molecule has 0 bridgehead atoms. The number of nitrogens with zero attached hydrogens (tertiary/aromatic N) is 3. The van der Waals surface area contributed by atoms with Crippen LogP contribution in [0.1, 0.15) is 35.6 Å². The fraction of sp³-hybridized carbons (Fsp3) is 0.391. The van der Waals surface area contributed by atoms with E-state index in [-0.39, 0.29) is 6.03 Å². The van der Waals surface area contributed by atoms with E-state index in [4.69, 9.17) is 0 Å². The largest absolute Gasteiger partial charge is 0.363 e. The molecule has 0 aliphatic carbocycles. The molecule has 3 aromatic rings. The maximum absolute atomic E-state index is 12.6. The molecule has 1 aromatic carbocycles. The Kier molecular flexibility index (Phi) is 5.43.